The lowest BCUT2D eigenvalue weighted by Crippen LogP contribution is -2.40. The molecule has 2 aromatic rings. The molecule has 0 saturated carbocycles. The SMILES string of the molecule is Cc1ccc(NC(=O)COc2ccc(Cl)cc2S(=O)(=O)N2CCOCC2)cc1C. The highest BCUT2D eigenvalue weighted by Gasteiger charge is 2.29. The Bertz CT molecular complexity index is 1000. The van der Waals surface area contributed by atoms with E-state index < -0.39 is 15.9 Å². The van der Waals surface area contributed by atoms with E-state index in [0.717, 1.165) is 11.1 Å². The molecule has 7 nitrogen and oxygen atoms in total. The van der Waals surface area contributed by atoms with Gasteiger partial charge in [0.05, 0.1) is 13.2 Å². The van der Waals surface area contributed by atoms with Gasteiger partial charge in [0.2, 0.25) is 10.0 Å². The fourth-order valence-electron chi connectivity index (χ4n) is 2.89. The minimum Gasteiger partial charge on any atom is -0.482 e. The molecule has 0 atom stereocenters. The Kier molecular flexibility index (Phi) is 6.79. The number of hydrogen-bond donors (Lipinski definition) is 1. The number of carbonyl (C=O) groups is 1. The van der Waals surface area contributed by atoms with Crippen LogP contribution in [0.4, 0.5) is 5.69 Å². The average Bonchev–Trinajstić information content (AvgIpc) is 2.70. The van der Waals surface area contributed by atoms with Crippen LogP contribution in [0, 0.1) is 13.8 Å². The third-order valence-corrected chi connectivity index (χ3v) is 6.80. The fourth-order valence-corrected chi connectivity index (χ4v) is 4.69. The van der Waals surface area contributed by atoms with E-state index in [1.807, 2.05) is 26.0 Å². The Morgan fingerprint density at radius 2 is 1.86 bits per heavy atom. The van der Waals surface area contributed by atoms with Crippen molar-refractivity contribution in [3.63, 3.8) is 0 Å². The van der Waals surface area contributed by atoms with Crippen molar-refractivity contribution < 1.29 is 22.7 Å². The number of hydrogen-bond acceptors (Lipinski definition) is 5. The van der Waals surface area contributed by atoms with Gasteiger partial charge in [0.15, 0.2) is 6.61 Å². The molecule has 1 saturated heterocycles. The summed E-state index contributed by atoms with van der Waals surface area (Å²) >= 11 is 6.02. The van der Waals surface area contributed by atoms with Gasteiger partial charge in [-0.25, -0.2) is 8.42 Å². The summed E-state index contributed by atoms with van der Waals surface area (Å²) in [5, 5.41) is 3.01. The molecule has 1 amide bonds. The molecule has 2 aromatic carbocycles. The van der Waals surface area contributed by atoms with Crippen LogP contribution < -0.4 is 10.1 Å². The number of nitrogens with one attached hydrogen (secondary N) is 1. The van der Waals surface area contributed by atoms with Crippen molar-refractivity contribution in [2.75, 3.05) is 38.2 Å². The molecule has 0 unspecified atom stereocenters. The number of nitrogens with zero attached hydrogens (tertiary/aromatic N) is 1. The van der Waals surface area contributed by atoms with E-state index in [9.17, 15) is 13.2 Å². The third-order valence-electron chi connectivity index (χ3n) is 4.64. The zero-order valence-electron chi connectivity index (χ0n) is 16.3. The van der Waals surface area contributed by atoms with E-state index in [-0.39, 0.29) is 35.4 Å². The zero-order chi connectivity index (χ0) is 21.0. The Labute approximate surface area is 175 Å². The van der Waals surface area contributed by atoms with Crippen molar-refractivity contribution in [2.45, 2.75) is 18.7 Å². The highest BCUT2D eigenvalue weighted by molar-refractivity contribution is 7.89. The smallest absolute Gasteiger partial charge is 0.262 e. The van der Waals surface area contributed by atoms with Crippen LogP contribution in [-0.4, -0.2) is 51.5 Å². The Morgan fingerprint density at radius 1 is 1.14 bits per heavy atom. The summed E-state index contributed by atoms with van der Waals surface area (Å²) in [7, 11) is -3.82. The Morgan fingerprint density at radius 3 is 2.55 bits per heavy atom. The number of morpholine rings is 1. The van der Waals surface area contributed by atoms with E-state index in [1.54, 1.807) is 6.07 Å². The minimum atomic E-state index is -3.82. The normalized spacial score (nSPS) is 15.1. The number of anilines is 1. The third kappa shape index (κ3) is 5.27. The lowest BCUT2D eigenvalue weighted by atomic mass is 10.1. The molecule has 156 valence electrons. The first-order chi connectivity index (χ1) is 13.8. The first-order valence-corrected chi connectivity index (χ1v) is 11.0. The fraction of sp³-hybridized carbons (Fsp3) is 0.350. The van der Waals surface area contributed by atoms with Crippen molar-refractivity contribution in [1.82, 2.24) is 4.31 Å². The lowest BCUT2D eigenvalue weighted by Gasteiger charge is -2.26. The number of benzene rings is 2. The van der Waals surface area contributed by atoms with Crippen molar-refractivity contribution in [3.8, 4) is 5.75 Å². The van der Waals surface area contributed by atoms with Gasteiger partial charge in [0, 0.05) is 23.8 Å². The van der Waals surface area contributed by atoms with Crippen LogP contribution in [0.3, 0.4) is 0 Å². The predicted molar refractivity (Wildman–Crippen MR) is 111 cm³/mol. The monoisotopic (exact) mass is 438 g/mol. The second-order valence-corrected chi connectivity index (χ2v) is 9.09. The molecular formula is C20H23ClN2O5S. The summed E-state index contributed by atoms with van der Waals surface area (Å²) in [6.07, 6.45) is 0. The zero-order valence-corrected chi connectivity index (χ0v) is 17.8. The summed E-state index contributed by atoms with van der Waals surface area (Å²) in [5.41, 5.74) is 2.83. The first-order valence-electron chi connectivity index (χ1n) is 9.15. The molecule has 0 aromatic heterocycles. The standard InChI is InChI=1S/C20H23ClN2O5S/c1-14-3-5-17(11-15(14)2)22-20(24)13-28-18-6-4-16(21)12-19(18)29(25,26)23-7-9-27-10-8-23/h3-6,11-12H,7-10,13H2,1-2H3,(H,22,24). The molecule has 29 heavy (non-hydrogen) atoms. The van der Waals surface area contributed by atoms with Crippen molar-refractivity contribution in [2.24, 2.45) is 0 Å². The highest BCUT2D eigenvalue weighted by atomic mass is 35.5. The summed E-state index contributed by atoms with van der Waals surface area (Å²) in [6.45, 7) is 4.77. The van der Waals surface area contributed by atoms with Gasteiger partial charge in [0.25, 0.3) is 5.91 Å². The quantitative estimate of drug-likeness (QED) is 0.749. The van der Waals surface area contributed by atoms with Crippen LogP contribution >= 0.6 is 11.6 Å². The maximum Gasteiger partial charge on any atom is 0.262 e. The van der Waals surface area contributed by atoms with E-state index in [0.29, 0.717) is 18.9 Å². The molecule has 0 aliphatic carbocycles. The minimum absolute atomic E-state index is 0.0640. The summed E-state index contributed by atoms with van der Waals surface area (Å²) in [4.78, 5) is 12.2. The molecule has 3 rings (SSSR count). The molecule has 0 spiro atoms. The van der Waals surface area contributed by atoms with Gasteiger partial charge in [-0.1, -0.05) is 17.7 Å². The molecule has 1 aliphatic heterocycles. The van der Waals surface area contributed by atoms with Gasteiger partial charge in [-0.2, -0.15) is 4.31 Å². The number of ether oxygens (including phenoxy) is 2. The summed E-state index contributed by atoms with van der Waals surface area (Å²) in [5.74, 6) is -0.311. The second-order valence-electron chi connectivity index (χ2n) is 6.74. The number of halogens is 1. The van der Waals surface area contributed by atoms with E-state index in [2.05, 4.69) is 5.32 Å². The van der Waals surface area contributed by atoms with E-state index in [1.165, 1.54) is 22.5 Å². The average molecular weight is 439 g/mol. The molecular weight excluding hydrogens is 416 g/mol. The first kappa shape index (κ1) is 21.6. The summed E-state index contributed by atoms with van der Waals surface area (Å²) in [6, 6.07) is 9.90. The second kappa shape index (κ2) is 9.13. The van der Waals surface area contributed by atoms with Crippen molar-refractivity contribution in [3.05, 3.63) is 52.5 Å². The Hall–Kier alpha value is -2.13. The van der Waals surface area contributed by atoms with Crippen LogP contribution in [-0.2, 0) is 19.6 Å². The molecule has 0 radical (unpaired) electrons. The number of aryl methyl sites for hydroxylation is 2. The molecule has 0 bridgehead atoms. The number of rotatable bonds is 6. The molecule has 1 N–H and O–H groups in total. The van der Waals surface area contributed by atoms with Gasteiger partial charge in [-0.15, -0.1) is 0 Å². The van der Waals surface area contributed by atoms with Gasteiger partial charge in [-0.3, -0.25) is 4.79 Å². The predicted octanol–water partition coefficient (Wildman–Crippen LogP) is 3.00. The maximum absolute atomic E-state index is 13.0. The van der Waals surface area contributed by atoms with Gasteiger partial charge in [-0.05, 0) is 55.3 Å². The van der Waals surface area contributed by atoms with E-state index in [4.69, 9.17) is 21.1 Å². The van der Waals surface area contributed by atoms with Crippen LogP contribution in [0.15, 0.2) is 41.3 Å². The topological polar surface area (TPSA) is 84.9 Å². The molecule has 1 fully saturated rings. The maximum atomic E-state index is 13.0. The lowest BCUT2D eigenvalue weighted by molar-refractivity contribution is -0.118. The van der Waals surface area contributed by atoms with Crippen LogP contribution in [0.25, 0.3) is 0 Å². The van der Waals surface area contributed by atoms with Crippen molar-refractivity contribution >= 4 is 33.2 Å². The molecule has 9 heteroatoms. The van der Waals surface area contributed by atoms with Gasteiger partial charge < -0.3 is 14.8 Å². The summed E-state index contributed by atoms with van der Waals surface area (Å²) < 4.78 is 38.1. The van der Waals surface area contributed by atoms with E-state index >= 15 is 0 Å². The van der Waals surface area contributed by atoms with Gasteiger partial charge in [0.1, 0.15) is 10.6 Å². The van der Waals surface area contributed by atoms with Crippen molar-refractivity contribution in [1.29, 1.82) is 0 Å². The number of carbonyl (C=O) groups excluding carboxylic acids is 1. The molecule has 1 aliphatic rings. The largest absolute Gasteiger partial charge is 0.482 e. The van der Waals surface area contributed by atoms with Crippen LogP contribution in [0.5, 0.6) is 5.75 Å². The molecule has 1 heterocycles. The number of sulfonamides is 1. The van der Waals surface area contributed by atoms with Crippen LogP contribution in [0.2, 0.25) is 5.02 Å². The van der Waals surface area contributed by atoms with Gasteiger partial charge >= 0.3 is 0 Å². The van der Waals surface area contributed by atoms with Crippen LogP contribution in [0.1, 0.15) is 11.1 Å². The highest BCUT2D eigenvalue weighted by Crippen LogP contribution is 2.30. The number of amides is 1. The Balaban J connectivity index is 1.73.